The summed E-state index contributed by atoms with van der Waals surface area (Å²) in [5, 5.41) is 10.5. The quantitative estimate of drug-likeness (QED) is 0.487. The SMILES string of the molecule is Cc1ccc(-n2ccnc2SCc2cn3ccccc3c2C#N)cc1C. The predicted molar refractivity (Wildman–Crippen MR) is 105 cm³/mol. The van der Waals surface area contributed by atoms with Gasteiger partial charge in [0.05, 0.1) is 11.1 Å². The second kappa shape index (κ2) is 6.74. The van der Waals surface area contributed by atoms with Crippen molar-refractivity contribution < 1.29 is 0 Å². The first-order chi connectivity index (χ1) is 12.7. The number of thioether (sulfide) groups is 1. The number of pyridine rings is 1. The molecule has 0 aliphatic heterocycles. The number of hydrogen-bond acceptors (Lipinski definition) is 3. The van der Waals surface area contributed by atoms with Crippen LogP contribution in [0.1, 0.15) is 22.3 Å². The van der Waals surface area contributed by atoms with Crippen LogP contribution in [0.4, 0.5) is 0 Å². The van der Waals surface area contributed by atoms with Gasteiger partial charge in [0.15, 0.2) is 5.16 Å². The zero-order valence-corrected chi connectivity index (χ0v) is 15.5. The molecular formula is C21H18N4S. The summed E-state index contributed by atoms with van der Waals surface area (Å²) in [5.74, 6) is 0.701. The lowest BCUT2D eigenvalue weighted by Crippen LogP contribution is -1.97. The van der Waals surface area contributed by atoms with Gasteiger partial charge >= 0.3 is 0 Å². The fourth-order valence-corrected chi connectivity index (χ4v) is 3.97. The van der Waals surface area contributed by atoms with Crippen molar-refractivity contribution in [2.24, 2.45) is 0 Å². The number of aryl methyl sites for hydroxylation is 2. The van der Waals surface area contributed by atoms with E-state index in [2.05, 4.69) is 47.7 Å². The molecule has 26 heavy (non-hydrogen) atoms. The molecule has 4 aromatic rings. The minimum absolute atomic E-state index is 0.701. The molecule has 3 aromatic heterocycles. The Bertz CT molecular complexity index is 1130. The molecule has 4 nitrogen and oxygen atoms in total. The van der Waals surface area contributed by atoms with Gasteiger partial charge in [-0.1, -0.05) is 23.9 Å². The van der Waals surface area contributed by atoms with Gasteiger partial charge in [-0.05, 0) is 54.8 Å². The standard InChI is InChI=1S/C21H18N4S/c1-15-6-7-18(11-16(15)2)25-10-8-23-21(25)26-14-17-13-24-9-4-3-5-20(24)19(17)12-22/h3-11,13H,14H2,1-2H3. The summed E-state index contributed by atoms with van der Waals surface area (Å²) in [5.41, 5.74) is 6.36. The molecule has 4 rings (SSSR count). The molecule has 0 N–H and O–H groups in total. The van der Waals surface area contributed by atoms with E-state index < -0.39 is 0 Å². The fourth-order valence-electron chi connectivity index (χ4n) is 3.03. The third-order valence-electron chi connectivity index (χ3n) is 4.61. The first-order valence-electron chi connectivity index (χ1n) is 8.40. The highest BCUT2D eigenvalue weighted by atomic mass is 32.2. The minimum atomic E-state index is 0.701. The summed E-state index contributed by atoms with van der Waals surface area (Å²) < 4.78 is 4.10. The fraction of sp³-hybridized carbons (Fsp3) is 0.143. The number of nitriles is 1. The molecule has 0 saturated carbocycles. The van der Waals surface area contributed by atoms with Crippen LogP contribution in [-0.4, -0.2) is 14.0 Å². The highest BCUT2D eigenvalue weighted by Crippen LogP contribution is 2.28. The summed E-state index contributed by atoms with van der Waals surface area (Å²) in [4.78, 5) is 4.51. The van der Waals surface area contributed by atoms with Crippen molar-refractivity contribution in [1.82, 2.24) is 14.0 Å². The number of aromatic nitrogens is 3. The van der Waals surface area contributed by atoms with Gasteiger partial charge in [-0.3, -0.25) is 4.57 Å². The average Bonchev–Trinajstić information content (AvgIpc) is 3.25. The summed E-state index contributed by atoms with van der Waals surface area (Å²) >= 11 is 1.64. The maximum Gasteiger partial charge on any atom is 0.172 e. The number of imidazole rings is 1. The highest BCUT2D eigenvalue weighted by Gasteiger charge is 2.13. The van der Waals surface area contributed by atoms with Crippen molar-refractivity contribution in [1.29, 1.82) is 5.26 Å². The zero-order chi connectivity index (χ0) is 18.1. The van der Waals surface area contributed by atoms with Crippen LogP contribution in [0, 0.1) is 25.2 Å². The van der Waals surface area contributed by atoms with Crippen LogP contribution in [-0.2, 0) is 5.75 Å². The molecule has 0 aliphatic rings. The minimum Gasteiger partial charge on any atom is -0.322 e. The Morgan fingerprint density at radius 3 is 2.81 bits per heavy atom. The molecule has 5 heteroatoms. The number of benzene rings is 1. The number of nitrogens with zero attached hydrogens (tertiary/aromatic N) is 4. The molecular weight excluding hydrogens is 340 g/mol. The number of rotatable bonds is 4. The molecule has 0 amide bonds. The van der Waals surface area contributed by atoms with Crippen molar-refractivity contribution >= 4 is 17.3 Å². The molecule has 0 aliphatic carbocycles. The van der Waals surface area contributed by atoms with E-state index in [1.54, 1.807) is 11.8 Å². The van der Waals surface area contributed by atoms with E-state index >= 15 is 0 Å². The summed E-state index contributed by atoms with van der Waals surface area (Å²) in [6.45, 7) is 4.23. The van der Waals surface area contributed by atoms with E-state index in [1.807, 2.05) is 47.4 Å². The Labute approximate surface area is 156 Å². The van der Waals surface area contributed by atoms with Crippen LogP contribution in [0.25, 0.3) is 11.2 Å². The van der Waals surface area contributed by atoms with Crippen LogP contribution in [0.15, 0.2) is 66.3 Å². The van der Waals surface area contributed by atoms with Gasteiger partial charge in [-0.2, -0.15) is 5.26 Å². The third kappa shape index (κ3) is 2.89. The Hall–Kier alpha value is -2.97. The first kappa shape index (κ1) is 16.5. The van der Waals surface area contributed by atoms with Gasteiger partial charge in [-0.25, -0.2) is 4.98 Å². The van der Waals surface area contributed by atoms with E-state index in [-0.39, 0.29) is 0 Å². The van der Waals surface area contributed by atoms with Crippen LogP contribution < -0.4 is 0 Å². The molecule has 0 fully saturated rings. The lowest BCUT2D eigenvalue weighted by molar-refractivity contribution is 0.893. The van der Waals surface area contributed by atoms with Crippen molar-refractivity contribution in [2.45, 2.75) is 24.8 Å². The van der Waals surface area contributed by atoms with Crippen molar-refractivity contribution in [3.63, 3.8) is 0 Å². The zero-order valence-electron chi connectivity index (χ0n) is 14.7. The average molecular weight is 358 g/mol. The topological polar surface area (TPSA) is 46.0 Å². The maximum atomic E-state index is 9.56. The van der Waals surface area contributed by atoms with Crippen LogP contribution in [0.2, 0.25) is 0 Å². The normalized spacial score (nSPS) is 11.0. The van der Waals surface area contributed by atoms with Crippen molar-refractivity contribution in [3.8, 4) is 11.8 Å². The van der Waals surface area contributed by atoms with Gasteiger partial charge < -0.3 is 4.40 Å². The second-order valence-corrected chi connectivity index (χ2v) is 7.21. The number of hydrogen-bond donors (Lipinski definition) is 0. The number of fused-ring (bicyclic) bond motifs is 1. The van der Waals surface area contributed by atoms with Gasteiger partial charge in [-0.15, -0.1) is 0 Å². The van der Waals surface area contributed by atoms with Crippen LogP contribution >= 0.6 is 11.8 Å². The summed E-state index contributed by atoms with van der Waals surface area (Å²) in [7, 11) is 0. The van der Waals surface area contributed by atoms with E-state index in [9.17, 15) is 5.26 Å². The Morgan fingerprint density at radius 1 is 1.12 bits per heavy atom. The first-order valence-corrected chi connectivity index (χ1v) is 9.38. The van der Waals surface area contributed by atoms with Crippen LogP contribution in [0.5, 0.6) is 0 Å². The van der Waals surface area contributed by atoms with E-state index in [1.165, 1.54) is 11.1 Å². The molecule has 0 saturated heterocycles. The smallest absolute Gasteiger partial charge is 0.172 e. The van der Waals surface area contributed by atoms with Gasteiger partial charge in [0.2, 0.25) is 0 Å². The molecule has 0 bridgehead atoms. The molecule has 1 aromatic carbocycles. The Balaban J connectivity index is 1.63. The largest absolute Gasteiger partial charge is 0.322 e. The Morgan fingerprint density at radius 2 is 2.00 bits per heavy atom. The van der Waals surface area contributed by atoms with E-state index in [0.29, 0.717) is 5.75 Å². The molecule has 128 valence electrons. The molecule has 3 heterocycles. The molecule has 0 unspecified atom stereocenters. The molecule has 0 atom stereocenters. The second-order valence-electron chi connectivity index (χ2n) is 6.27. The van der Waals surface area contributed by atoms with E-state index in [0.717, 1.165) is 27.5 Å². The van der Waals surface area contributed by atoms with Gasteiger partial charge in [0.25, 0.3) is 0 Å². The summed E-state index contributed by atoms with van der Waals surface area (Å²) in [6.07, 6.45) is 7.80. The third-order valence-corrected chi connectivity index (χ3v) is 5.62. The highest BCUT2D eigenvalue weighted by molar-refractivity contribution is 7.98. The van der Waals surface area contributed by atoms with E-state index in [4.69, 9.17) is 0 Å². The lowest BCUT2D eigenvalue weighted by atomic mass is 10.1. The monoisotopic (exact) mass is 358 g/mol. The lowest BCUT2D eigenvalue weighted by Gasteiger charge is -2.09. The van der Waals surface area contributed by atoms with Crippen LogP contribution in [0.3, 0.4) is 0 Å². The van der Waals surface area contributed by atoms with Gasteiger partial charge in [0, 0.05) is 36.2 Å². The van der Waals surface area contributed by atoms with Crippen molar-refractivity contribution in [3.05, 3.63) is 83.4 Å². The predicted octanol–water partition coefficient (Wildman–Crippen LogP) is 4.91. The maximum absolute atomic E-state index is 9.56. The summed E-state index contributed by atoms with van der Waals surface area (Å²) in [6, 6.07) is 14.7. The Kier molecular flexibility index (Phi) is 4.27. The molecule has 0 spiro atoms. The molecule has 0 radical (unpaired) electrons. The van der Waals surface area contributed by atoms with Gasteiger partial charge in [0.1, 0.15) is 6.07 Å². The van der Waals surface area contributed by atoms with Crippen molar-refractivity contribution in [2.75, 3.05) is 0 Å².